The van der Waals surface area contributed by atoms with E-state index in [9.17, 15) is 9.59 Å². The van der Waals surface area contributed by atoms with Gasteiger partial charge in [0.15, 0.2) is 5.78 Å². The van der Waals surface area contributed by atoms with Crippen LogP contribution in [0.4, 0.5) is 4.39 Å². The molecule has 26 heavy (non-hydrogen) atoms. The van der Waals surface area contributed by atoms with Crippen molar-refractivity contribution in [3.8, 4) is 0 Å². The summed E-state index contributed by atoms with van der Waals surface area (Å²) in [6, 6.07) is 5.86. The van der Waals surface area contributed by atoms with Crippen molar-refractivity contribution in [1.29, 1.82) is 0 Å². The van der Waals surface area contributed by atoms with E-state index in [1.807, 2.05) is 13.8 Å². The number of nitrogens with one attached hydrogen (secondary N) is 1. The molecule has 0 bridgehead atoms. The number of ketones is 2. The van der Waals surface area contributed by atoms with Crippen LogP contribution in [0.2, 0.25) is 5.02 Å². The van der Waals surface area contributed by atoms with E-state index < -0.39 is 11.6 Å². The Hall–Kier alpha value is -2.11. The average Bonchev–Trinajstić information content (AvgIpc) is 2.60. The van der Waals surface area contributed by atoms with Crippen molar-refractivity contribution in [3.05, 3.63) is 64.2 Å². The van der Waals surface area contributed by atoms with Crippen molar-refractivity contribution < 1.29 is 16.8 Å². The summed E-state index contributed by atoms with van der Waals surface area (Å²) in [5.41, 5.74) is 0.479. The molecule has 2 aromatic rings. The molecule has 0 aliphatic carbocycles. The SMILES string of the molecule is CC[C@@H](N[C@@H](C)CC(C)=O)c1ccc(Cl)c(C(=O)c2cccnc2)c1F.[HH].[HH]. The topological polar surface area (TPSA) is 59.1 Å². The Morgan fingerprint density at radius 3 is 2.65 bits per heavy atom. The van der Waals surface area contributed by atoms with Gasteiger partial charge in [-0.15, -0.1) is 0 Å². The van der Waals surface area contributed by atoms with Gasteiger partial charge in [-0.1, -0.05) is 24.6 Å². The van der Waals surface area contributed by atoms with Gasteiger partial charge in [-0.3, -0.25) is 14.6 Å². The standard InChI is InChI=1S/C20H22ClFN2O2.2H2/c1-4-17(24-12(2)10-13(3)25)15-7-8-16(21)18(19(15)22)20(26)14-6-5-9-23-11-14;;/h5-9,11-12,17,24H,4,10H2,1-3H3;2*1H/t12-,17+;;/m0../s1. The second kappa shape index (κ2) is 9.01. The zero-order valence-corrected chi connectivity index (χ0v) is 15.8. The predicted molar refractivity (Wildman–Crippen MR) is 104 cm³/mol. The van der Waals surface area contributed by atoms with Crippen LogP contribution in [0.15, 0.2) is 36.7 Å². The largest absolute Gasteiger partial charge is 0.307 e. The van der Waals surface area contributed by atoms with E-state index in [1.54, 1.807) is 24.4 Å². The molecule has 142 valence electrons. The third-order valence-electron chi connectivity index (χ3n) is 4.13. The lowest BCUT2D eigenvalue weighted by atomic mass is 9.96. The van der Waals surface area contributed by atoms with E-state index in [4.69, 9.17) is 11.6 Å². The molecule has 0 amide bonds. The van der Waals surface area contributed by atoms with E-state index in [0.717, 1.165) is 0 Å². The number of rotatable bonds is 8. The van der Waals surface area contributed by atoms with Crippen LogP contribution in [-0.2, 0) is 4.79 Å². The van der Waals surface area contributed by atoms with Gasteiger partial charge in [0.1, 0.15) is 11.6 Å². The molecule has 2 atom stereocenters. The fourth-order valence-electron chi connectivity index (χ4n) is 2.95. The number of hydrogen-bond acceptors (Lipinski definition) is 4. The maximum Gasteiger partial charge on any atom is 0.199 e. The molecule has 0 saturated heterocycles. The van der Waals surface area contributed by atoms with Crippen molar-refractivity contribution >= 4 is 23.2 Å². The first-order valence-corrected chi connectivity index (χ1v) is 8.91. The molecule has 1 aromatic carbocycles. The van der Waals surface area contributed by atoms with Gasteiger partial charge in [0.05, 0.1) is 10.6 Å². The lowest BCUT2D eigenvalue weighted by Crippen LogP contribution is -2.32. The molecule has 0 aliphatic heterocycles. The number of benzene rings is 1. The maximum absolute atomic E-state index is 15.2. The molecule has 1 aromatic heterocycles. The Bertz CT molecular complexity index is 806. The molecule has 1 N–H and O–H groups in total. The summed E-state index contributed by atoms with van der Waals surface area (Å²) in [7, 11) is 0. The lowest BCUT2D eigenvalue weighted by Gasteiger charge is -2.23. The van der Waals surface area contributed by atoms with Crippen LogP contribution in [-0.4, -0.2) is 22.6 Å². The van der Waals surface area contributed by atoms with Gasteiger partial charge in [-0.25, -0.2) is 4.39 Å². The first-order chi connectivity index (χ1) is 12.3. The van der Waals surface area contributed by atoms with Crippen molar-refractivity contribution in [1.82, 2.24) is 10.3 Å². The molecular weight excluding hydrogens is 355 g/mol. The monoisotopic (exact) mass is 380 g/mol. The minimum Gasteiger partial charge on any atom is -0.307 e. The van der Waals surface area contributed by atoms with Crippen LogP contribution in [0.3, 0.4) is 0 Å². The smallest absolute Gasteiger partial charge is 0.199 e. The van der Waals surface area contributed by atoms with Gasteiger partial charge < -0.3 is 5.32 Å². The molecule has 4 nitrogen and oxygen atoms in total. The molecule has 0 saturated carbocycles. The summed E-state index contributed by atoms with van der Waals surface area (Å²) in [5.74, 6) is -1.08. The molecule has 0 fully saturated rings. The normalized spacial score (nSPS) is 13.3. The highest BCUT2D eigenvalue weighted by molar-refractivity contribution is 6.35. The predicted octanol–water partition coefficient (Wildman–Crippen LogP) is 5.01. The lowest BCUT2D eigenvalue weighted by molar-refractivity contribution is -0.117. The minimum absolute atomic E-state index is 0. The summed E-state index contributed by atoms with van der Waals surface area (Å²) in [4.78, 5) is 27.9. The highest BCUT2D eigenvalue weighted by Gasteiger charge is 2.25. The molecule has 0 radical (unpaired) electrons. The Kier molecular flexibility index (Phi) is 7.00. The first kappa shape index (κ1) is 20.2. The number of carbonyl (C=O) groups excluding carboxylic acids is 2. The van der Waals surface area contributed by atoms with Gasteiger partial charge >= 0.3 is 0 Å². The Balaban J connectivity index is 0.00000364. The zero-order chi connectivity index (χ0) is 19.3. The highest BCUT2D eigenvalue weighted by atomic mass is 35.5. The van der Waals surface area contributed by atoms with Crippen LogP contribution >= 0.6 is 11.6 Å². The molecule has 0 unspecified atom stereocenters. The highest BCUT2D eigenvalue weighted by Crippen LogP contribution is 2.30. The van der Waals surface area contributed by atoms with E-state index in [1.165, 1.54) is 19.2 Å². The van der Waals surface area contributed by atoms with Crippen molar-refractivity contribution in [3.63, 3.8) is 0 Å². The maximum atomic E-state index is 15.2. The van der Waals surface area contributed by atoms with E-state index >= 15 is 4.39 Å². The quantitative estimate of drug-likeness (QED) is 0.654. The number of pyridine rings is 1. The molecule has 6 heteroatoms. The van der Waals surface area contributed by atoms with Gasteiger partial charge in [-0.2, -0.15) is 0 Å². The zero-order valence-electron chi connectivity index (χ0n) is 15.1. The third-order valence-corrected chi connectivity index (χ3v) is 4.45. The van der Waals surface area contributed by atoms with Crippen LogP contribution < -0.4 is 5.32 Å². The molecule has 1 heterocycles. The fourth-order valence-corrected chi connectivity index (χ4v) is 3.18. The number of nitrogens with zero attached hydrogens (tertiary/aromatic N) is 1. The van der Waals surface area contributed by atoms with Crippen LogP contribution in [0.1, 0.15) is 64.0 Å². The van der Waals surface area contributed by atoms with Crippen molar-refractivity contribution in [2.24, 2.45) is 0 Å². The summed E-state index contributed by atoms with van der Waals surface area (Å²) < 4.78 is 15.2. The first-order valence-electron chi connectivity index (χ1n) is 8.53. The van der Waals surface area contributed by atoms with Gasteiger partial charge in [0, 0.05) is 44.9 Å². The van der Waals surface area contributed by atoms with E-state index in [2.05, 4.69) is 10.3 Å². The molecule has 0 aliphatic rings. The number of halogens is 2. The van der Waals surface area contributed by atoms with Crippen LogP contribution in [0.5, 0.6) is 0 Å². The molecular formula is C20H26ClFN2O2. The molecule has 0 spiro atoms. The molecule has 2 rings (SSSR count). The second-order valence-electron chi connectivity index (χ2n) is 6.33. The number of carbonyl (C=O) groups is 2. The van der Waals surface area contributed by atoms with Crippen molar-refractivity contribution in [2.75, 3.05) is 0 Å². The Morgan fingerprint density at radius 2 is 2.08 bits per heavy atom. The Labute approximate surface area is 160 Å². The number of aromatic nitrogens is 1. The summed E-state index contributed by atoms with van der Waals surface area (Å²) in [5, 5.41) is 3.31. The third kappa shape index (κ3) is 4.74. The van der Waals surface area contributed by atoms with Gasteiger partial charge in [-0.05, 0) is 38.5 Å². The Morgan fingerprint density at radius 1 is 1.35 bits per heavy atom. The summed E-state index contributed by atoms with van der Waals surface area (Å²) >= 11 is 6.12. The van der Waals surface area contributed by atoms with Crippen LogP contribution in [0.25, 0.3) is 0 Å². The summed E-state index contributed by atoms with van der Waals surface area (Å²) in [6.45, 7) is 5.31. The van der Waals surface area contributed by atoms with Gasteiger partial charge in [0.25, 0.3) is 0 Å². The number of Topliss-reactive ketones (excluding diaryl/α,β-unsaturated/α-hetero) is 1. The minimum atomic E-state index is -0.638. The summed E-state index contributed by atoms with van der Waals surface area (Å²) in [6.07, 6.45) is 3.88. The van der Waals surface area contributed by atoms with Gasteiger partial charge in [0.2, 0.25) is 0 Å². The van der Waals surface area contributed by atoms with E-state index in [0.29, 0.717) is 18.4 Å². The fraction of sp³-hybridized carbons (Fsp3) is 0.350. The number of hydrogen-bond donors (Lipinski definition) is 1. The van der Waals surface area contributed by atoms with Crippen LogP contribution in [0, 0.1) is 5.82 Å². The average molecular weight is 381 g/mol. The second-order valence-corrected chi connectivity index (χ2v) is 6.74. The van der Waals surface area contributed by atoms with Crippen molar-refractivity contribution in [2.45, 2.75) is 45.7 Å². The van der Waals surface area contributed by atoms with E-state index in [-0.39, 0.29) is 36.9 Å².